The Labute approximate surface area is 149 Å². The molecular formula is C20H15FN2O3. The van der Waals surface area contributed by atoms with Crippen LogP contribution < -0.4 is 4.74 Å². The molecule has 3 rings (SSSR count). The molecule has 0 saturated carbocycles. The number of nitro groups is 1. The number of hydrogen-bond donors (Lipinski definition) is 0. The van der Waals surface area contributed by atoms with Crippen molar-refractivity contribution < 1.29 is 14.1 Å². The summed E-state index contributed by atoms with van der Waals surface area (Å²) < 4.78 is 18.8. The molecule has 1 heterocycles. The van der Waals surface area contributed by atoms with E-state index < -0.39 is 4.92 Å². The first-order valence-corrected chi connectivity index (χ1v) is 7.79. The predicted molar refractivity (Wildman–Crippen MR) is 98.2 cm³/mol. The highest BCUT2D eigenvalue weighted by molar-refractivity contribution is 5.76. The Morgan fingerprint density at radius 3 is 2.54 bits per heavy atom. The predicted octanol–water partition coefficient (Wildman–Crippen LogP) is 4.97. The first-order valence-electron chi connectivity index (χ1n) is 7.79. The van der Waals surface area contributed by atoms with E-state index >= 15 is 0 Å². The van der Waals surface area contributed by atoms with Gasteiger partial charge in [0, 0.05) is 30.0 Å². The van der Waals surface area contributed by atoms with Crippen molar-refractivity contribution in [1.82, 2.24) is 4.98 Å². The van der Waals surface area contributed by atoms with Gasteiger partial charge in [-0.25, -0.2) is 4.39 Å². The maximum Gasteiger partial charge on any atom is 0.270 e. The molecule has 0 unspecified atom stereocenters. The Balaban J connectivity index is 1.95. The van der Waals surface area contributed by atoms with Crippen molar-refractivity contribution >= 4 is 17.8 Å². The fourth-order valence-corrected chi connectivity index (χ4v) is 2.52. The van der Waals surface area contributed by atoms with E-state index in [9.17, 15) is 14.5 Å². The SMILES string of the molecule is COc1ccc(/C=C/c2cccc([N+](=O)[O-])c2)cc1-c1cc(F)ccn1. The van der Waals surface area contributed by atoms with Crippen molar-refractivity contribution in [2.24, 2.45) is 0 Å². The number of hydrogen-bond acceptors (Lipinski definition) is 4. The van der Waals surface area contributed by atoms with Crippen LogP contribution in [0.4, 0.5) is 10.1 Å². The molecule has 0 aliphatic carbocycles. The van der Waals surface area contributed by atoms with Gasteiger partial charge in [-0.15, -0.1) is 0 Å². The van der Waals surface area contributed by atoms with Crippen LogP contribution in [0.15, 0.2) is 60.8 Å². The van der Waals surface area contributed by atoms with E-state index in [1.165, 1.54) is 37.6 Å². The Morgan fingerprint density at radius 2 is 1.85 bits per heavy atom. The van der Waals surface area contributed by atoms with Crippen LogP contribution >= 0.6 is 0 Å². The third-order valence-electron chi connectivity index (χ3n) is 3.77. The van der Waals surface area contributed by atoms with Crippen LogP contribution in [0.3, 0.4) is 0 Å². The average molecular weight is 350 g/mol. The molecule has 0 bridgehead atoms. The molecule has 0 N–H and O–H groups in total. The minimum absolute atomic E-state index is 0.0338. The molecule has 130 valence electrons. The van der Waals surface area contributed by atoms with Crippen LogP contribution in [0.2, 0.25) is 0 Å². The van der Waals surface area contributed by atoms with Crippen LogP contribution in [0.25, 0.3) is 23.4 Å². The second kappa shape index (κ2) is 7.57. The summed E-state index contributed by atoms with van der Waals surface area (Å²) in [4.78, 5) is 14.6. The molecule has 3 aromatic rings. The van der Waals surface area contributed by atoms with Gasteiger partial charge in [-0.1, -0.05) is 30.4 Å². The van der Waals surface area contributed by atoms with Gasteiger partial charge in [-0.05, 0) is 29.3 Å². The third kappa shape index (κ3) is 3.92. The minimum atomic E-state index is -0.432. The van der Waals surface area contributed by atoms with E-state index in [0.717, 1.165) is 5.56 Å². The quantitative estimate of drug-likeness (QED) is 0.370. The van der Waals surface area contributed by atoms with Gasteiger partial charge in [0.25, 0.3) is 5.69 Å². The zero-order valence-corrected chi connectivity index (χ0v) is 13.9. The molecule has 5 nitrogen and oxygen atoms in total. The van der Waals surface area contributed by atoms with Gasteiger partial charge in [0.1, 0.15) is 11.6 Å². The van der Waals surface area contributed by atoms with Crippen LogP contribution in [0.1, 0.15) is 11.1 Å². The van der Waals surface area contributed by atoms with Crippen LogP contribution in [0.5, 0.6) is 5.75 Å². The molecule has 0 atom stereocenters. The summed E-state index contributed by atoms with van der Waals surface area (Å²) in [6, 6.07) is 14.4. The van der Waals surface area contributed by atoms with Gasteiger partial charge in [0.15, 0.2) is 0 Å². The lowest BCUT2D eigenvalue weighted by atomic mass is 10.0. The van der Waals surface area contributed by atoms with E-state index in [1.54, 1.807) is 24.3 Å². The lowest BCUT2D eigenvalue weighted by molar-refractivity contribution is -0.384. The largest absolute Gasteiger partial charge is 0.496 e. The smallest absolute Gasteiger partial charge is 0.270 e. The van der Waals surface area contributed by atoms with E-state index in [0.29, 0.717) is 22.6 Å². The maximum atomic E-state index is 13.5. The summed E-state index contributed by atoms with van der Waals surface area (Å²) in [5, 5.41) is 10.9. The number of benzene rings is 2. The highest BCUT2D eigenvalue weighted by Gasteiger charge is 2.09. The van der Waals surface area contributed by atoms with Gasteiger partial charge in [-0.2, -0.15) is 0 Å². The Hall–Kier alpha value is -3.54. The Kier molecular flexibility index (Phi) is 5.03. The van der Waals surface area contributed by atoms with Crippen LogP contribution in [-0.4, -0.2) is 17.0 Å². The van der Waals surface area contributed by atoms with Gasteiger partial charge < -0.3 is 4.74 Å². The highest BCUT2D eigenvalue weighted by atomic mass is 19.1. The fourth-order valence-electron chi connectivity index (χ4n) is 2.52. The van der Waals surface area contributed by atoms with E-state index in [2.05, 4.69) is 4.98 Å². The number of nitro benzene ring substituents is 1. The summed E-state index contributed by atoms with van der Waals surface area (Å²) in [7, 11) is 1.54. The van der Waals surface area contributed by atoms with Crippen molar-refractivity contribution in [2.45, 2.75) is 0 Å². The monoisotopic (exact) mass is 350 g/mol. The van der Waals surface area contributed by atoms with Crippen molar-refractivity contribution in [1.29, 1.82) is 0 Å². The van der Waals surface area contributed by atoms with Crippen molar-refractivity contribution in [3.05, 3.63) is 87.9 Å². The molecule has 26 heavy (non-hydrogen) atoms. The molecule has 0 aliphatic heterocycles. The second-order valence-corrected chi connectivity index (χ2v) is 5.50. The summed E-state index contributed by atoms with van der Waals surface area (Å²) >= 11 is 0. The standard InChI is InChI=1S/C20H15FN2O3/c1-26-20-8-7-15(12-18(20)19-13-16(21)9-10-22-19)6-5-14-3-2-4-17(11-14)23(24)25/h2-13H,1H3/b6-5+. The van der Waals surface area contributed by atoms with Gasteiger partial charge in [0.05, 0.1) is 17.7 Å². The summed E-state index contributed by atoms with van der Waals surface area (Å²) in [5.74, 6) is 0.199. The number of pyridine rings is 1. The molecular weight excluding hydrogens is 335 g/mol. The van der Waals surface area contributed by atoms with E-state index in [1.807, 2.05) is 18.2 Å². The molecule has 0 amide bonds. The average Bonchev–Trinajstić information content (AvgIpc) is 2.66. The number of ether oxygens (including phenoxy) is 1. The lowest BCUT2D eigenvalue weighted by Gasteiger charge is -2.09. The molecule has 0 fully saturated rings. The number of aromatic nitrogens is 1. The van der Waals surface area contributed by atoms with Crippen LogP contribution in [-0.2, 0) is 0 Å². The Morgan fingerprint density at radius 1 is 1.08 bits per heavy atom. The van der Waals surface area contributed by atoms with Crippen molar-refractivity contribution in [3.8, 4) is 17.0 Å². The molecule has 0 aliphatic rings. The number of nitrogens with zero attached hydrogens (tertiary/aromatic N) is 2. The number of non-ortho nitro benzene ring substituents is 1. The van der Waals surface area contributed by atoms with Gasteiger partial charge >= 0.3 is 0 Å². The summed E-state index contributed by atoms with van der Waals surface area (Å²) in [5.41, 5.74) is 2.70. The summed E-state index contributed by atoms with van der Waals surface area (Å²) in [6.07, 6.45) is 4.99. The minimum Gasteiger partial charge on any atom is -0.496 e. The fraction of sp³-hybridized carbons (Fsp3) is 0.0500. The van der Waals surface area contributed by atoms with Crippen LogP contribution in [0, 0.1) is 15.9 Å². The van der Waals surface area contributed by atoms with Crippen molar-refractivity contribution in [2.75, 3.05) is 7.11 Å². The normalized spacial score (nSPS) is 10.8. The molecule has 2 aromatic carbocycles. The number of halogens is 1. The molecule has 6 heteroatoms. The lowest BCUT2D eigenvalue weighted by Crippen LogP contribution is -1.91. The molecule has 0 spiro atoms. The maximum absolute atomic E-state index is 13.5. The van der Waals surface area contributed by atoms with Crippen molar-refractivity contribution in [3.63, 3.8) is 0 Å². The zero-order valence-electron chi connectivity index (χ0n) is 13.9. The summed E-state index contributed by atoms with van der Waals surface area (Å²) in [6.45, 7) is 0. The van der Waals surface area contributed by atoms with Gasteiger partial charge in [-0.3, -0.25) is 15.1 Å². The molecule has 0 radical (unpaired) electrons. The number of methoxy groups -OCH3 is 1. The van der Waals surface area contributed by atoms with E-state index in [-0.39, 0.29) is 11.5 Å². The Bertz CT molecular complexity index is 986. The van der Waals surface area contributed by atoms with E-state index in [4.69, 9.17) is 4.74 Å². The second-order valence-electron chi connectivity index (χ2n) is 5.50. The first-order chi connectivity index (χ1) is 12.6. The zero-order chi connectivity index (χ0) is 18.5. The first kappa shape index (κ1) is 17.3. The molecule has 1 aromatic heterocycles. The number of rotatable bonds is 5. The topological polar surface area (TPSA) is 65.3 Å². The third-order valence-corrected chi connectivity index (χ3v) is 3.77. The highest BCUT2D eigenvalue weighted by Crippen LogP contribution is 2.30. The molecule has 0 saturated heterocycles. The van der Waals surface area contributed by atoms with Gasteiger partial charge in [0.2, 0.25) is 0 Å².